The van der Waals surface area contributed by atoms with Crippen molar-refractivity contribution in [3.05, 3.63) is 5.82 Å². The summed E-state index contributed by atoms with van der Waals surface area (Å²) in [4.78, 5) is 0. The van der Waals surface area contributed by atoms with Crippen LogP contribution in [-0.2, 0) is 0 Å². The van der Waals surface area contributed by atoms with Crippen molar-refractivity contribution >= 4 is 12.4 Å². The van der Waals surface area contributed by atoms with Crippen LogP contribution in [0.3, 0.4) is 0 Å². The van der Waals surface area contributed by atoms with Gasteiger partial charge in [0, 0.05) is 12.5 Å². The molecular formula is C4H10ClN5. The van der Waals surface area contributed by atoms with E-state index in [1.165, 1.54) is 0 Å². The second-order valence-corrected chi connectivity index (χ2v) is 1.91. The molecular weight excluding hydrogens is 154 g/mol. The van der Waals surface area contributed by atoms with Gasteiger partial charge in [-0.05, 0) is 0 Å². The SMILES string of the molecule is CC(CN)c1nn[nH]n1.Cl. The Labute approximate surface area is 64.8 Å². The van der Waals surface area contributed by atoms with Gasteiger partial charge in [0.1, 0.15) is 0 Å². The molecule has 0 fully saturated rings. The minimum atomic E-state index is 0. The lowest BCUT2D eigenvalue weighted by molar-refractivity contribution is 0.714. The van der Waals surface area contributed by atoms with E-state index < -0.39 is 0 Å². The monoisotopic (exact) mass is 163 g/mol. The summed E-state index contributed by atoms with van der Waals surface area (Å²) in [6.45, 7) is 2.50. The van der Waals surface area contributed by atoms with Crippen LogP contribution < -0.4 is 5.73 Å². The zero-order valence-corrected chi connectivity index (χ0v) is 6.43. The summed E-state index contributed by atoms with van der Waals surface area (Å²) < 4.78 is 0. The first-order valence-electron chi connectivity index (χ1n) is 2.78. The third-order valence-electron chi connectivity index (χ3n) is 1.16. The summed E-state index contributed by atoms with van der Waals surface area (Å²) in [7, 11) is 0. The van der Waals surface area contributed by atoms with Crippen LogP contribution in [0.2, 0.25) is 0 Å². The quantitative estimate of drug-likeness (QED) is 0.627. The van der Waals surface area contributed by atoms with Gasteiger partial charge in [0.15, 0.2) is 5.82 Å². The molecule has 0 spiro atoms. The van der Waals surface area contributed by atoms with Crippen LogP contribution in [0.5, 0.6) is 0 Å². The maximum atomic E-state index is 5.34. The number of nitrogens with two attached hydrogens (primary N) is 1. The molecule has 1 unspecified atom stereocenters. The van der Waals surface area contributed by atoms with Gasteiger partial charge in [-0.1, -0.05) is 12.1 Å². The third kappa shape index (κ3) is 1.93. The molecule has 6 heteroatoms. The molecule has 0 bridgehead atoms. The maximum absolute atomic E-state index is 5.34. The fraction of sp³-hybridized carbons (Fsp3) is 0.750. The van der Waals surface area contributed by atoms with Crippen LogP contribution in [0, 0.1) is 0 Å². The number of halogens is 1. The van der Waals surface area contributed by atoms with Gasteiger partial charge in [0.05, 0.1) is 0 Å². The van der Waals surface area contributed by atoms with Crippen molar-refractivity contribution in [2.45, 2.75) is 12.8 Å². The van der Waals surface area contributed by atoms with Gasteiger partial charge >= 0.3 is 0 Å². The number of rotatable bonds is 2. The van der Waals surface area contributed by atoms with E-state index >= 15 is 0 Å². The molecule has 1 heterocycles. The van der Waals surface area contributed by atoms with Crippen LogP contribution in [0.25, 0.3) is 0 Å². The van der Waals surface area contributed by atoms with Gasteiger partial charge in [-0.3, -0.25) is 0 Å². The van der Waals surface area contributed by atoms with Crippen LogP contribution >= 0.6 is 12.4 Å². The summed E-state index contributed by atoms with van der Waals surface area (Å²) in [5.74, 6) is 0.876. The Bertz CT molecular complexity index is 162. The zero-order chi connectivity index (χ0) is 6.69. The number of nitrogens with one attached hydrogen (secondary N) is 1. The molecule has 10 heavy (non-hydrogen) atoms. The Balaban J connectivity index is 0.000000810. The van der Waals surface area contributed by atoms with Gasteiger partial charge in [-0.25, -0.2) is 0 Å². The molecule has 1 atom stereocenters. The molecule has 1 aromatic heterocycles. The standard InChI is InChI=1S/C4H9N5.ClH/c1-3(2-5)4-6-8-9-7-4;/h3H,2,5H2,1H3,(H,6,7,8,9);1H. The molecule has 1 aromatic rings. The van der Waals surface area contributed by atoms with Crippen molar-refractivity contribution in [1.82, 2.24) is 20.6 Å². The van der Waals surface area contributed by atoms with E-state index in [-0.39, 0.29) is 18.3 Å². The minimum absolute atomic E-state index is 0. The van der Waals surface area contributed by atoms with Crippen molar-refractivity contribution in [2.24, 2.45) is 5.73 Å². The van der Waals surface area contributed by atoms with Crippen molar-refractivity contribution in [1.29, 1.82) is 0 Å². The fourth-order valence-electron chi connectivity index (χ4n) is 0.484. The van der Waals surface area contributed by atoms with Gasteiger partial charge in [0.25, 0.3) is 0 Å². The predicted octanol–water partition coefficient (Wildman–Crippen LogP) is -0.316. The minimum Gasteiger partial charge on any atom is -0.330 e. The van der Waals surface area contributed by atoms with E-state index in [9.17, 15) is 0 Å². The molecule has 5 nitrogen and oxygen atoms in total. The number of aromatic amines is 1. The highest BCUT2D eigenvalue weighted by molar-refractivity contribution is 5.85. The second kappa shape index (κ2) is 4.19. The van der Waals surface area contributed by atoms with Crippen molar-refractivity contribution in [3.8, 4) is 0 Å². The lowest BCUT2D eigenvalue weighted by Gasteiger charge is -1.97. The third-order valence-corrected chi connectivity index (χ3v) is 1.16. The maximum Gasteiger partial charge on any atom is 0.178 e. The molecule has 0 aliphatic rings. The van der Waals surface area contributed by atoms with Crippen molar-refractivity contribution in [2.75, 3.05) is 6.54 Å². The van der Waals surface area contributed by atoms with Gasteiger partial charge in [0.2, 0.25) is 0 Å². The van der Waals surface area contributed by atoms with Gasteiger partial charge in [-0.15, -0.1) is 22.6 Å². The van der Waals surface area contributed by atoms with Crippen molar-refractivity contribution in [3.63, 3.8) is 0 Å². The number of aromatic nitrogens is 4. The van der Waals surface area contributed by atoms with E-state index in [1.807, 2.05) is 6.92 Å². The van der Waals surface area contributed by atoms with Crippen LogP contribution in [0.15, 0.2) is 0 Å². The van der Waals surface area contributed by atoms with Gasteiger partial charge < -0.3 is 5.73 Å². The average Bonchev–Trinajstić information content (AvgIpc) is 2.37. The fourth-order valence-corrected chi connectivity index (χ4v) is 0.484. The zero-order valence-electron chi connectivity index (χ0n) is 5.61. The molecule has 0 radical (unpaired) electrons. The Hall–Kier alpha value is -0.680. The van der Waals surface area contributed by atoms with E-state index in [0.29, 0.717) is 12.4 Å². The topological polar surface area (TPSA) is 80.5 Å². The summed E-state index contributed by atoms with van der Waals surface area (Å²) in [6, 6.07) is 0. The summed E-state index contributed by atoms with van der Waals surface area (Å²) in [5.41, 5.74) is 5.34. The molecule has 0 aromatic carbocycles. The lowest BCUT2D eigenvalue weighted by Crippen LogP contribution is -2.10. The number of hydrogen-bond acceptors (Lipinski definition) is 4. The molecule has 58 valence electrons. The second-order valence-electron chi connectivity index (χ2n) is 1.91. The highest BCUT2D eigenvalue weighted by Crippen LogP contribution is 2.03. The highest BCUT2D eigenvalue weighted by Gasteiger charge is 2.05. The number of nitrogens with zero attached hydrogens (tertiary/aromatic N) is 3. The molecule has 0 saturated carbocycles. The molecule has 0 saturated heterocycles. The van der Waals surface area contributed by atoms with E-state index in [0.717, 1.165) is 0 Å². The molecule has 0 aliphatic heterocycles. The van der Waals surface area contributed by atoms with E-state index in [1.54, 1.807) is 0 Å². The van der Waals surface area contributed by atoms with E-state index in [4.69, 9.17) is 5.73 Å². The Morgan fingerprint density at radius 3 is 2.80 bits per heavy atom. The van der Waals surface area contributed by atoms with Crippen LogP contribution in [0.1, 0.15) is 18.7 Å². The first kappa shape index (κ1) is 9.32. The number of hydrogen-bond donors (Lipinski definition) is 2. The molecule has 0 amide bonds. The predicted molar refractivity (Wildman–Crippen MR) is 38.9 cm³/mol. The smallest absolute Gasteiger partial charge is 0.178 e. The van der Waals surface area contributed by atoms with Crippen LogP contribution in [-0.4, -0.2) is 27.2 Å². The van der Waals surface area contributed by atoms with Gasteiger partial charge in [-0.2, -0.15) is 5.21 Å². The Kier molecular flexibility index (Phi) is 3.90. The van der Waals surface area contributed by atoms with E-state index in [2.05, 4.69) is 20.6 Å². The summed E-state index contributed by atoms with van der Waals surface area (Å²) in [6.07, 6.45) is 0. The Morgan fingerprint density at radius 1 is 1.70 bits per heavy atom. The normalized spacial score (nSPS) is 12.2. The first-order valence-corrected chi connectivity index (χ1v) is 2.78. The Morgan fingerprint density at radius 2 is 2.40 bits per heavy atom. The molecule has 0 aliphatic carbocycles. The molecule has 3 N–H and O–H groups in total. The van der Waals surface area contributed by atoms with Crippen LogP contribution in [0.4, 0.5) is 0 Å². The average molecular weight is 164 g/mol. The first-order chi connectivity index (χ1) is 4.34. The highest BCUT2D eigenvalue weighted by atomic mass is 35.5. The molecule has 1 rings (SSSR count). The largest absolute Gasteiger partial charge is 0.330 e. The summed E-state index contributed by atoms with van der Waals surface area (Å²) >= 11 is 0. The number of tetrazole rings is 1. The van der Waals surface area contributed by atoms with Crippen molar-refractivity contribution < 1.29 is 0 Å². The summed E-state index contributed by atoms with van der Waals surface area (Å²) in [5, 5.41) is 13.3. The lowest BCUT2D eigenvalue weighted by atomic mass is 10.2. The number of H-pyrrole nitrogens is 1.